The van der Waals surface area contributed by atoms with Crippen LogP contribution in [-0.2, 0) is 7.05 Å². The van der Waals surface area contributed by atoms with E-state index in [2.05, 4.69) is 32.9 Å². The van der Waals surface area contributed by atoms with Gasteiger partial charge in [-0.1, -0.05) is 0 Å². The van der Waals surface area contributed by atoms with Crippen LogP contribution in [0, 0.1) is 17.2 Å². The number of likely N-dealkylation sites (tertiary alicyclic amines) is 1. The van der Waals surface area contributed by atoms with Crippen molar-refractivity contribution in [3.05, 3.63) is 53.6 Å². The van der Waals surface area contributed by atoms with Crippen molar-refractivity contribution < 1.29 is 4.79 Å². The van der Waals surface area contributed by atoms with E-state index in [9.17, 15) is 4.79 Å². The van der Waals surface area contributed by atoms with Crippen LogP contribution in [0.5, 0.6) is 0 Å². The van der Waals surface area contributed by atoms with Crippen molar-refractivity contribution in [2.24, 2.45) is 13.0 Å². The highest BCUT2D eigenvalue weighted by Crippen LogP contribution is 2.34. The molecule has 1 amide bonds. The second-order valence-electron chi connectivity index (χ2n) is 6.66. The summed E-state index contributed by atoms with van der Waals surface area (Å²) < 4.78 is 2.06. The maximum absolute atomic E-state index is 12.4. The lowest BCUT2D eigenvalue weighted by molar-refractivity contribution is 0.0882. The third-order valence-corrected chi connectivity index (χ3v) is 4.97. The van der Waals surface area contributed by atoms with Gasteiger partial charge in [-0.05, 0) is 56.6 Å². The Hall–Kier alpha value is -2.65. The molecule has 2 aromatic rings. The van der Waals surface area contributed by atoms with Gasteiger partial charge in [0.25, 0.3) is 5.91 Å². The number of imidazole rings is 1. The second kappa shape index (κ2) is 7.49. The zero-order chi connectivity index (χ0) is 17.8. The second-order valence-corrected chi connectivity index (χ2v) is 6.66. The van der Waals surface area contributed by atoms with Crippen molar-refractivity contribution >= 4 is 5.91 Å². The molecule has 0 aliphatic carbocycles. The molecule has 6 heteroatoms. The number of rotatable bonds is 4. The summed E-state index contributed by atoms with van der Waals surface area (Å²) in [5, 5.41) is 11.9. The topological polar surface area (TPSA) is 74.0 Å². The van der Waals surface area contributed by atoms with E-state index in [0.29, 0.717) is 23.6 Å². The Labute approximate surface area is 148 Å². The molecule has 2 atom stereocenters. The Morgan fingerprint density at radius 1 is 1.36 bits per heavy atom. The number of aryl methyl sites for hydroxylation is 1. The number of aromatic nitrogens is 2. The van der Waals surface area contributed by atoms with Gasteiger partial charge < -0.3 is 9.88 Å². The lowest BCUT2D eigenvalue weighted by atomic mass is 9.87. The van der Waals surface area contributed by atoms with Crippen LogP contribution in [-0.4, -0.2) is 40.5 Å². The fourth-order valence-corrected chi connectivity index (χ4v) is 3.62. The van der Waals surface area contributed by atoms with Gasteiger partial charge in [-0.3, -0.25) is 9.69 Å². The Morgan fingerprint density at radius 2 is 2.12 bits per heavy atom. The highest BCUT2D eigenvalue weighted by atomic mass is 16.1. The lowest BCUT2D eigenvalue weighted by Gasteiger charge is -2.39. The van der Waals surface area contributed by atoms with Gasteiger partial charge in [0, 0.05) is 25.4 Å². The average molecular weight is 337 g/mol. The number of hydrogen-bond acceptors (Lipinski definition) is 4. The molecule has 1 N–H and O–H groups in total. The maximum atomic E-state index is 12.4. The minimum atomic E-state index is -0.0959. The number of benzene rings is 1. The van der Waals surface area contributed by atoms with Crippen molar-refractivity contribution in [2.45, 2.75) is 18.9 Å². The number of nitriles is 1. The first kappa shape index (κ1) is 17.2. The molecule has 1 saturated heterocycles. The zero-order valence-electron chi connectivity index (χ0n) is 14.6. The van der Waals surface area contributed by atoms with Crippen LogP contribution in [0.3, 0.4) is 0 Å². The highest BCUT2D eigenvalue weighted by molar-refractivity contribution is 5.94. The normalized spacial score (nSPS) is 20.8. The van der Waals surface area contributed by atoms with Crippen molar-refractivity contribution in [1.29, 1.82) is 5.26 Å². The number of nitrogens with one attached hydrogen (secondary N) is 1. The van der Waals surface area contributed by atoms with Gasteiger partial charge >= 0.3 is 0 Å². The zero-order valence-corrected chi connectivity index (χ0v) is 14.6. The van der Waals surface area contributed by atoms with Crippen LogP contribution >= 0.6 is 0 Å². The fraction of sp³-hybridized carbons (Fsp3) is 0.421. The first-order valence-electron chi connectivity index (χ1n) is 8.55. The smallest absolute Gasteiger partial charge is 0.251 e. The lowest BCUT2D eigenvalue weighted by Crippen LogP contribution is -2.42. The van der Waals surface area contributed by atoms with Crippen molar-refractivity contribution in [2.75, 3.05) is 20.1 Å². The van der Waals surface area contributed by atoms with E-state index in [1.807, 2.05) is 19.6 Å². The molecule has 0 saturated carbocycles. The van der Waals surface area contributed by atoms with Crippen LogP contribution in [0.4, 0.5) is 0 Å². The molecule has 0 bridgehead atoms. The number of amides is 1. The summed E-state index contributed by atoms with van der Waals surface area (Å²) in [6, 6.07) is 9.04. The predicted octanol–water partition coefficient (Wildman–Crippen LogP) is 2.10. The standard InChI is InChI=1S/C19H23N5O/c1-23-9-3-4-16(18(23)17-12-21-13-24(17)2)11-22-19(25)15-7-5-14(10-20)6-8-15/h5-8,12-13,16,18H,3-4,9,11H2,1-2H3,(H,22,25)/t16-,18+/m0/s1. The Morgan fingerprint density at radius 3 is 2.76 bits per heavy atom. The van der Waals surface area contributed by atoms with Crippen LogP contribution in [0.25, 0.3) is 0 Å². The average Bonchev–Trinajstić information content (AvgIpc) is 3.05. The molecule has 0 unspecified atom stereocenters. The molecule has 130 valence electrons. The summed E-state index contributed by atoms with van der Waals surface area (Å²) >= 11 is 0. The molecule has 1 aromatic heterocycles. The molecule has 1 aliphatic rings. The number of nitrogens with zero attached hydrogens (tertiary/aromatic N) is 4. The number of hydrogen-bond donors (Lipinski definition) is 1. The summed E-state index contributed by atoms with van der Waals surface area (Å²) in [5.41, 5.74) is 2.32. The third kappa shape index (κ3) is 3.72. The SMILES string of the molecule is CN1CCC[C@@H](CNC(=O)c2ccc(C#N)cc2)[C@@H]1c1cncn1C. The maximum Gasteiger partial charge on any atom is 0.251 e. The van der Waals surface area contributed by atoms with E-state index < -0.39 is 0 Å². The molecule has 1 aliphatic heterocycles. The van der Waals surface area contributed by atoms with Crippen LogP contribution < -0.4 is 5.32 Å². The molecular formula is C19H23N5O. The number of piperidine rings is 1. The van der Waals surface area contributed by atoms with Crippen LogP contribution in [0.1, 0.15) is 40.5 Å². The molecule has 1 fully saturated rings. The van der Waals surface area contributed by atoms with E-state index in [-0.39, 0.29) is 11.9 Å². The van der Waals surface area contributed by atoms with Crippen molar-refractivity contribution in [3.8, 4) is 6.07 Å². The minimum absolute atomic E-state index is 0.0959. The van der Waals surface area contributed by atoms with Crippen LogP contribution in [0.15, 0.2) is 36.8 Å². The van der Waals surface area contributed by atoms with Gasteiger partial charge in [0.05, 0.1) is 29.7 Å². The van der Waals surface area contributed by atoms with Gasteiger partial charge in [0.1, 0.15) is 0 Å². The fourth-order valence-electron chi connectivity index (χ4n) is 3.62. The number of carbonyl (C=O) groups excluding carboxylic acids is 1. The molecule has 6 nitrogen and oxygen atoms in total. The molecule has 25 heavy (non-hydrogen) atoms. The summed E-state index contributed by atoms with van der Waals surface area (Å²) in [5.74, 6) is 0.248. The monoisotopic (exact) mass is 337 g/mol. The summed E-state index contributed by atoms with van der Waals surface area (Å²) in [4.78, 5) is 19.0. The molecular weight excluding hydrogens is 314 g/mol. The van der Waals surface area contributed by atoms with Gasteiger partial charge in [0.2, 0.25) is 0 Å². The van der Waals surface area contributed by atoms with Gasteiger partial charge in [-0.25, -0.2) is 4.98 Å². The summed E-state index contributed by atoms with van der Waals surface area (Å²) in [6.45, 7) is 1.68. The van der Waals surface area contributed by atoms with E-state index in [1.54, 1.807) is 24.3 Å². The molecule has 1 aromatic carbocycles. The highest BCUT2D eigenvalue weighted by Gasteiger charge is 2.32. The summed E-state index contributed by atoms with van der Waals surface area (Å²) in [7, 11) is 4.14. The van der Waals surface area contributed by atoms with E-state index in [1.165, 1.54) is 5.69 Å². The molecule has 0 radical (unpaired) electrons. The van der Waals surface area contributed by atoms with Gasteiger partial charge in [-0.15, -0.1) is 0 Å². The third-order valence-electron chi connectivity index (χ3n) is 4.97. The quantitative estimate of drug-likeness (QED) is 0.927. The van der Waals surface area contributed by atoms with Crippen LogP contribution in [0.2, 0.25) is 0 Å². The minimum Gasteiger partial charge on any atom is -0.352 e. The largest absolute Gasteiger partial charge is 0.352 e. The molecule has 3 rings (SSSR count). The van der Waals surface area contributed by atoms with E-state index >= 15 is 0 Å². The Balaban J connectivity index is 1.68. The van der Waals surface area contributed by atoms with E-state index in [4.69, 9.17) is 5.26 Å². The molecule has 2 heterocycles. The Kier molecular flexibility index (Phi) is 5.15. The first-order valence-corrected chi connectivity index (χ1v) is 8.55. The number of carbonyl (C=O) groups is 1. The van der Waals surface area contributed by atoms with Crippen molar-refractivity contribution in [3.63, 3.8) is 0 Å². The van der Waals surface area contributed by atoms with Gasteiger partial charge in [0.15, 0.2) is 0 Å². The molecule has 0 spiro atoms. The predicted molar refractivity (Wildman–Crippen MR) is 94.8 cm³/mol. The van der Waals surface area contributed by atoms with E-state index in [0.717, 1.165) is 19.4 Å². The van der Waals surface area contributed by atoms with Crippen molar-refractivity contribution in [1.82, 2.24) is 19.8 Å². The Bertz CT molecular complexity index is 774. The van der Waals surface area contributed by atoms with Gasteiger partial charge in [-0.2, -0.15) is 5.26 Å². The summed E-state index contributed by atoms with van der Waals surface area (Å²) in [6.07, 6.45) is 5.95. The first-order chi connectivity index (χ1) is 12.1.